The summed E-state index contributed by atoms with van der Waals surface area (Å²) >= 11 is 0. The van der Waals surface area contributed by atoms with Crippen LogP contribution in [0.3, 0.4) is 0 Å². The van der Waals surface area contributed by atoms with E-state index in [-0.39, 0.29) is 17.2 Å². The second-order valence-corrected chi connectivity index (χ2v) is 4.54. The van der Waals surface area contributed by atoms with E-state index in [1.54, 1.807) is 36.4 Å². The third kappa shape index (κ3) is 4.37. The number of rotatable bonds is 5. The van der Waals surface area contributed by atoms with Gasteiger partial charge in [0.2, 0.25) is 5.91 Å². The van der Waals surface area contributed by atoms with Crippen molar-refractivity contribution in [3.8, 4) is 18.2 Å². The summed E-state index contributed by atoms with van der Waals surface area (Å²) in [7, 11) is 0. The molecule has 0 saturated carbocycles. The van der Waals surface area contributed by atoms with Crippen LogP contribution in [0, 0.1) is 40.9 Å². The van der Waals surface area contributed by atoms with Gasteiger partial charge in [-0.15, -0.1) is 0 Å². The van der Waals surface area contributed by atoms with Gasteiger partial charge < -0.3 is 10.6 Å². The topological polar surface area (TPSA) is 112 Å². The molecule has 22 heavy (non-hydrogen) atoms. The zero-order valence-corrected chi connectivity index (χ0v) is 12.4. The van der Waals surface area contributed by atoms with Gasteiger partial charge in [0, 0.05) is 17.8 Å². The summed E-state index contributed by atoms with van der Waals surface area (Å²) in [5.74, 6) is -0.0944. The zero-order valence-electron chi connectivity index (χ0n) is 12.4. The van der Waals surface area contributed by atoms with Crippen LogP contribution in [0.2, 0.25) is 0 Å². The Balaban J connectivity index is 3.09. The number of aryl methyl sites for hydroxylation is 1. The van der Waals surface area contributed by atoms with E-state index in [0.717, 1.165) is 12.0 Å². The minimum absolute atomic E-state index is 0.0944. The standard InChI is InChI=1S/C16H15N5O/c1-3-4-16(22)20-13-6-5-11(2)14(7-13)21-15(10-19)12(8-17)9-18/h5-7,21H,3-4H2,1-2H3,(H,20,22). The number of nitrogens with zero attached hydrogens (tertiary/aromatic N) is 3. The van der Waals surface area contributed by atoms with Gasteiger partial charge in [-0.25, -0.2) is 0 Å². The van der Waals surface area contributed by atoms with Crippen LogP contribution in [-0.2, 0) is 4.79 Å². The fourth-order valence-corrected chi connectivity index (χ4v) is 1.70. The Morgan fingerprint density at radius 3 is 2.36 bits per heavy atom. The first-order valence-electron chi connectivity index (χ1n) is 6.67. The lowest BCUT2D eigenvalue weighted by Crippen LogP contribution is -2.11. The molecule has 0 saturated heterocycles. The van der Waals surface area contributed by atoms with E-state index in [0.29, 0.717) is 17.8 Å². The molecule has 0 bridgehead atoms. The Bertz CT molecular complexity index is 712. The number of carbonyl (C=O) groups excluding carboxylic acids is 1. The van der Waals surface area contributed by atoms with Crippen LogP contribution in [0.15, 0.2) is 29.5 Å². The number of anilines is 2. The highest BCUT2D eigenvalue weighted by atomic mass is 16.1. The molecule has 0 fully saturated rings. The van der Waals surface area contributed by atoms with Crippen LogP contribution in [-0.4, -0.2) is 5.91 Å². The van der Waals surface area contributed by atoms with Crippen LogP contribution in [0.5, 0.6) is 0 Å². The molecular weight excluding hydrogens is 278 g/mol. The molecule has 2 N–H and O–H groups in total. The highest BCUT2D eigenvalue weighted by Gasteiger charge is 2.09. The molecule has 110 valence electrons. The summed E-state index contributed by atoms with van der Waals surface area (Å²) in [6.07, 6.45) is 1.17. The maximum absolute atomic E-state index is 11.6. The van der Waals surface area contributed by atoms with E-state index in [1.165, 1.54) is 0 Å². The Hall–Kier alpha value is -3.30. The van der Waals surface area contributed by atoms with E-state index in [4.69, 9.17) is 15.8 Å². The maximum Gasteiger partial charge on any atom is 0.224 e. The lowest BCUT2D eigenvalue weighted by molar-refractivity contribution is -0.116. The van der Waals surface area contributed by atoms with Crippen molar-refractivity contribution < 1.29 is 4.79 Å². The van der Waals surface area contributed by atoms with Crippen molar-refractivity contribution in [2.45, 2.75) is 26.7 Å². The van der Waals surface area contributed by atoms with Gasteiger partial charge in [0.05, 0.1) is 0 Å². The first kappa shape index (κ1) is 16.8. The quantitative estimate of drug-likeness (QED) is 0.810. The first-order chi connectivity index (χ1) is 10.5. The Morgan fingerprint density at radius 2 is 1.82 bits per heavy atom. The van der Waals surface area contributed by atoms with Gasteiger partial charge in [-0.3, -0.25) is 4.79 Å². The van der Waals surface area contributed by atoms with Crippen molar-refractivity contribution in [2.75, 3.05) is 10.6 Å². The van der Waals surface area contributed by atoms with Crippen molar-refractivity contribution in [3.63, 3.8) is 0 Å². The summed E-state index contributed by atoms with van der Waals surface area (Å²) in [6.45, 7) is 3.73. The molecule has 0 radical (unpaired) electrons. The van der Waals surface area contributed by atoms with Crippen molar-refractivity contribution in [1.82, 2.24) is 0 Å². The number of nitriles is 3. The zero-order chi connectivity index (χ0) is 16.5. The van der Waals surface area contributed by atoms with Crippen molar-refractivity contribution in [3.05, 3.63) is 35.0 Å². The van der Waals surface area contributed by atoms with Gasteiger partial charge in [0.15, 0.2) is 5.57 Å². The van der Waals surface area contributed by atoms with Gasteiger partial charge in [-0.1, -0.05) is 13.0 Å². The highest BCUT2D eigenvalue weighted by Crippen LogP contribution is 2.22. The van der Waals surface area contributed by atoms with Crippen molar-refractivity contribution >= 4 is 17.3 Å². The molecule has 0 atom stereocenters. The molecule has 0 spiro atoms. The molecular formula is C16H15N5O. The molecule has 6 heteroatoms. The fraction of sp³-hybridized carbons (Fsp3) is 0.250. The molecule has 0 aliphatic carbocycles. The highest BCUT2D eigenvalue weighted by molar-refractivity contribution is 5.91. The molecule has 1 rings (SSSR count). The SMILES string of the molecule is CCCC(=O)Nc1ccc(C)c(NC(C#N)=C(C#N)C#N)c1. The monoisotopic (exact) mass is 293 g/mol. The van der Waals surface area contributed by atoms with E-state index in [2.05, 4.69) is 10.6 Å². The Kier molecular flexibility index (Phi) is 6.16. The average Bonchev–Trinajstić information content (AvgIpc) is 2.50. The number of hydrogen-bond donors (Lipinski definition) is 2. The minimum atomic E-state index is -0.290. The fourth-order valence-electron chi connectivity index (χ4n) is 1.70. The normalized spacial score (nSPS) is 8.86. The van der Waals surface area contributed by atoms with Crippen LogP contribution in [0.4, 0.5) is 11.4 Å². The number of allylic oxidation sites excluding steroid dienone is 2. The van der Waals surface area contributed by atoms with Gasteiger partial charge in [-0.05, 0) is 31.0 Å². The summed E-state index contributed by atoms with van der Waals surface area (Å²) in [4.78, 5) is 11.6. The number of carbonyl (C=O) groups is 1. The van der Waals surface area contributed by atoms with Gasteiger partial charge in [0.1, 0.15) is 23.9 Å². The van der Waals surface area contributed by atoms with Crippen LogP contribution < -0.4 is 10.6 Å². The number of hydrogen-bond acceptors (Lipinski definition) is 5. The lowest BCUT2D eigenvalue weighted by Gasteiger charge is -2.11. The lowest BCUT2D eigenvalue weighted by atomic mass is 10.1. The van der Waals surface area contributed by atoms with Crippen LogP contribution >= 0.6 is 0 Å². The van der Waals surface area contributed by atoms with E-state index in [1.807, 2.05) is 13.8 Å². The van der Waals surface area contributed by atoms with Gasteiger partial charge in [0.25, 0.3) is 0 Å². The van der Waals surface area contributed by atoms with Crippen molar-refractivity contribution in [2.24, 2.45) is 0 Å². The third-order valence-electron chi connectivity index (χ3n) is 2.84. The predicted octanol–water partition coefficient (Wildman–Crippen LogP) is 2.97. The molecule has 0 heterocycles. The summed E-state index contributed by atoms with van der Waals surface area (Å²) < 4.78 is 0. The van der Waals surface area contributed by atoms with Crippen LogP contribution in [0.1, 0.15) is 25.3 Å². The second-order valence-electron chi connectivity index (χ2n) is 4.54. The average molecular weight is 293 g/mol. The predicted molar refractivity (Wildman–Crippen MR) is 82.2 cm³/mol. The Morgan fingerprint density at radius 1 is 1.14 bits per heavy atom. The van der Waals surface area contributed by atoms with Crippen LogP contribution in [0.25, 0.3) is 0 Å². The number of benzene rings is 1. The third-order valence-corrected chi connectivity index (χ3v) is 2.84. The maximum atomic E-state index is 11.6. The molecule has 6 nitrogen and oxygen atoms in total. The van der Waals surface area contributed by atoms with E-state index >= 15 is 0 Å². The number of nitrogens with one attached hydrogen (secondary N) is 2. The molecule has 1 aromatic rings. The molecule has 0 aromatic heterocycles. The summed E-state index contributed by atoms with van der Waals surface area (Å²) in [5.41, 5.74) is 1.54. The van der Waals surface area contributed by atoms with E-state index < -0.39 is 0 Å². The molecule has 1 aromatic carbocycles. The van der Waals surface area contributed by atoms with Gasteiger partial charge >= 0.3 is 0 Å². The molecule has 0 aliphatic heterocycles. The summed E-state index contributed by atoms with van der Waals surface area (Å²) in [6, 6.07) is 10.3. The number of amides is 1. The first-order valence-corrected chi connectivity index (χ1v) is 6.67. The van der Waals surface area contributed by atoms with Gasteiger partial charge in [-0.2, -0.15) is 15.8 Å². The minimum Gasteiger partial charge on any atom is -0.345 e. The molecule has 1 amide bonds. The Labute approximate surface area is 129 Å². The van der Waals surface area contributed by atoms with E-state index in [9.17, 15) is 4.79 Å². The smallest absolute Gasteiger partial charge is 0.224 e. The molecule has 0 unspecified atom stereocenters. The van der Waals surface area contributed by atoms with Crippen molar-refractivity contribution in [1.29, 1.82) is 15.8 Å². The largest absolute Gasteiger partial charge is 0.345 e. The molecule has 0 aliphatic rings. The second kappa shape index (κ2) is 8.09. The summed E-state index contributed by atoms with van der Waals surface area (Å²) in [5, 5.41) is 32.2.